The van der Waals surface area contributed by atoms with Crippen LogP contribution < -0.4 is 0 Å². The molecule has 0 bridgehead atoms. The van der Waals surface area contributed by atoms with Crippen LogP contribution in [0.15, 0.2) is 0 Å². The highest BCUT2D eigenvalue weighted by molar-refractivity contribution is 4.24. The third kappa shape index (κ3) is 32.3. The molecule has 0 aliphatic carbocycles. The van der Waals surface area contributed by atoms with Crippen LogP contribution in [-0.4, -0.2) is 13.7 Å². The van der Waals surface area contributed by atoms with Crippen LogP contribution in [0.4, 0.5) is 0 Å². The van der Waals surface area contributed by atoms with Crippen LogP contribution >= 0.6 is 0 Å². The average Bonchev–Trinajstić information content (AvgIpc) is 1.91. The van der Waals surface area contributed by atoms with Crippen molar-refractivity contribution in [2.24, 2.45) is 0 Å². The van der Waals surface area contributed by atoms with Gasteiger partial charge in [-0.05, 0) is 6.92 Å². The third-order valence-electron chi connectivity index (χ3n) is 0.996. The van der Waals surface area contributed by atoms with E-state index in [4.69, 9.17) is 0 Å². The Morgan fingerprint density at radius 1 is 1.00 bits per heavy atom. The van der Waals surface area contributed by atoms with Crippen molar-refractivity contribution >= 4 is 0 Å². The lowest BCUT2D eigenvalue weighted by atomic mass is 10.3. The lowest BCUT2D eigenvalue weighted by molar-refractivity contribution is 0.215. The first-order chi connectivity index (χ1) is 4.33. The molecule has 0 radical (unpaired) electrons. The summed E-state index contributed by atoms with van der Waals surface area (Å²) in [6, 6.07) is 0. The standard InChI is InChI=1S/C5H12.C3H8O/c1-3-5-4-2;1-3-4-2/h3-5H2,1-2H3;3H2,1-2H3. The van der Waals surface area contributed by atoms with Crippen molar-refractivity contribution in [2.75, 3.05) is 13.7 Å². The maximum atomic E-state index is 4.54. The zero-order chi connectivity index (χ0) is 7.54. The number of rotatable bonds is 3. The van der Waals surface area contributed by atoms with Gasteiger partial charge in [0, 0.05) is 13.7 Å². The van der Waals surface area contributed by atoms with Crippen LogP contribution in [0.25, 0.3) is 0 Å². The second kappa shape index (κ2) is 15.7. The number of unbranched alkanes of at least 4 members (excludes halogenated alkanes) is 2. The number of methoxy groups -OCH3 is 1. The number of ether oxygens (including phenoxy) is 1. The third-order valence-corrected chi connectivity index (χ3v) is 0.996. The Labute approximate surface area is 59.4 Å². The zero-order valence-electron chi connectivity index (χ0n) is 7.24. The average molecular weight is 132 g/mol. The largest absolute Gasteiger partial charge is 0.385 e. The molecular weight excluding hydrogens is 112 g/mol. The van der Waals surface area contributed by atoms with Crippen LogP contribution in [0, 0.1) is 0 Å². The maximum absolute atomic E-state index is 4.54. The van der Waals surface area contributed by atoms with Gasteiger partial charge >= 0.3 is 0 Å². The molecule has 0 spiro atoms. The highest BCUT2D eigenvalue weighted by Crippen LogP contribution is 1.88. The molecule has 0 heterocycles. The van der Waals surface area contributed by atoms with E-state index < -0.39 is 0 Å². The summed E-state index contributed by atoms with van der Waals surface area (Å²) in [5.74, 6) is 0. The van der Waals surface area contributed by atoms with Crippen molar-refractivity contribution in [3.63, 3.8) is 0 Å². The summed E-state index contributed by atoms with van der Waals surface area (Å²) < 4.78 is 4.54. The molecule has 0 rings (SSSR count). The van der Waals surface area contributed by atoms with Crippen LogP contribution in [-0.2, 0) is 4.74 Å². The van der Waals surface area contributed by atoms with E-state index in [1.54, 1.807) is 7.11 Å². The van der Waals surface area contributed by atoms with Crippen molar-refractivity contribution in [3.05, 3.63) is 0 Å². The number of hydrogen-bond donors (Lipinski definition) is 0. The van der Waals surface area contributed by atoms with Crippen molar-refractivity contribution in [2.45, 2.75) is 40.0 Å². The summed E-state index contributed by atoms with van der Waals surface area (Å²) >= 11 is 0. The van der Waals surface area contributed by atoms with Gasteiger partial charge in [-0.25, -0.2) is 0 Å². The second-order valence-electron chi connectivity index (χ2n) is 1.93. The quantitative estimate of drug-likeness (QED) is 0.573. The zero-order valence-corrected chi connectivity index (χ0v) is 7.24. The van der Waals surface area contributed by atoms with E-state index in [1.165, 1.54) is 19.3 Å². The Balaban J connectivity index is 0. The molecule has 0 atom stereocenters. The highest BCUT2D eigenvalue weighted by Gasteiger charge is 1.68. The lowest BCUT2D eigenvalue weighted by Gasteiger charge is -1.79. The minimum atomic E-state index is 0.819. The van der Waals surface area contributed by atoms with Gasteiger partial charge in [0.05, 0.1) is 0 Å². The van der Waals surface area contributed by atoms with Crippen molar-refractivity contribution in [1.82, 2.24) is 0 Å². The van der Waals surface area contributed by atoms with E-state index in [0.29, 0.717) is 0 Å². The van der Waals surface area contributed by atoms with Gasteiger partial charge in [0.1, 0.15) is 0 Å². The van der Waals surface area contributed by atoms with Gasteiger partial charge < -0.3 is 4.74 Å². The molecule has 0 amide bonds. The molecule has 0 N–H and O–H groups in total. The molecule has 0 aliphatic heterocycles. The molecule has 0 aromatic heterocycles. The maximum Gasteiger partial charge on any atom is 0.0433 e. The van der Waals surface area contributed by atoms with E-state index >= 15 is 0 Å². The molecule has 0 aromatic carbocycles. The van der Waals surface area contributed by atoms with E-state index in [1.807, 2.05) is 6.92 Å². The Kier molecular flexibility index (Phi) is 20.4. The minimum absolute atomic E-state index is 0.819. The van der Waals surface area contributed by atoms with Crippen LogP contribution in [0.2, 0.25) is 0 Å². The molecule has 0 aromatic rings. The SMILES string of the molecule is CCCCC.CCOC. The highest BCUT2D eigenvalue weighted by atomic mass is 16.5. The van der Waals surface area contributed by atoms with E-state index in [-0.39, 0.29) is 0 Å². The molecule has 1 nitrogen and oxygen atoms in total. The molecular formula is C8H20O. The van der Waals surface area contributed by atoms with E-state index in [9.17, 15) is 0 Å². The summed E-state index contributed by atoms with van der Waals surface area (Å²) in [5.41, 5.74) is 0. The van der Waals surface area contributed by atoms with Gasteiger partial charge in [-0.3, -0.25) is 0 Å². The summed E-state index contributed by atoms with van der Waals surface area (Å²) in [6.07, 6.45) is 4.08. The summed E-state index contributed by atoms with van der Waals surface area (Å²) in [5, 5.41) is 0. The molecule has 0 fully saturated rings. The molecule has 9 heavy (non-hydrogen) atoms. The van der Waals surface area contributed by atoms with Crippen molar-refractivity contribution in [3.8, 4) is 0 Å². The Morgan fingerprint density at radius 2 is 1.33 bits per heavy atom. The Bertz CT molecular complexity index is 23.7. The normalized spacial score (nSPS) is 8.00. The first-order valence-electron chi connectivity index (χ1n) is 3.82. The lowest BCUT2D eigenvalue weighted by Crippen LogP contribution is -1.73. The monoisotopic (exact) mass is 132 g/mol. The van der Waals surface area contributed by atoms with Gasteiger partial charge in [0.25, 0.3) is 0 Å². The van der Waals surface area contributed by atoms with E-state index in [2.05, 4.69) is 18.6 Å². The van der Waals surface area contributed by atoms with Gasteiger partial charge in [0.15, 0.2) is 0 Å². The first kappa shape index (κ1) is 11.7. The van der Waals surface area contributed by atoms with Crippen molar-refractivity contribution < 1.29 is 4.74 Å². The van der Waals surface area contributed by atoms with Gasteiger partial charge in [-0.1, -0.05) is 33.1 Å². The van der Waals surface area contributed by atoms with Crippen LogP contribution in [0.5, 0.6) is 0 Å². The van der Waals surface area contributed by atoms with Crippen LogP contribution in [0.3, 0.4) is 0 Å². The fourth-order valence-corrected chi connectivity index (χ4v) is 0.354. The second-order valence-corrected chi connectivity index (χ2v) is 1.93. The van der Waals surface area contributed by atoms with Gasteiger partial charge in [-0.15, -0.1) is 0 Å². The molecule has 0 saturated carbocycles. The van der Waals surface area contributed by atoms with E-state index in [0.717, 1.165) is 6.61 Å². The molecule has 0 saturated heterocycles. The van der Waals surface area contributed by atoms with Gasteiger partial charge in [-0.2, -0.15) is 0 Å². The molecule has 58 valence electrons. The topological polar surface area (TPSA) is 9.23 Å². The fourth-order valence-electron chi connectivity index (χ4n) is 0.354. The predicted octanol–water partition coefficient (Wildman–Crippen LogP) is 2.85. The van der Waals surface area contributed by atoms with Gasteiger partial charge in [0.2, 0.25) is 0 Å². The minimum Gasteiger partial charge on any atom is -0.385 e. The summed E-state index contributed by atoms with van der Waals surface area (Å²) in [4.78, 5) is 0. The predicted molar refractivity (Wildman–Crippen MR) is 42.7 cm³/mol. The summed E-state index contributed by atoms with van der Waals surface area (Å²) in [6.45, 7) is 7.20. The first-order valence-corrected chi connectivity index (χ1v) is 3.82. The smallest absolute Gasteiger partial charge is 0.0433 e. The molecule has 0 unspecified atom stereocenters. The van der Waals surface area contributed by atoms with Crippen LogP contribution in [0.1, 0.15) is 40.0 Å². The summed E-state index contributed by atoms with van der Waals surface area (Å²) in [7, 11) is 1.68. The Morgan fingerprint density at radius 3 is 1.33 bits per heavy atom. The fraction of sp³-hybridized carbons (Fsp3) is 1.00. The van der Waals surface area contributed by atoms with Crippen molar-refractivity contribution in [1.29, 1.82) is 0 Å². The molecule has 1 heteroatoms. The Hall–Kier alpha value is -0.0400. The number of hydrogen-bond acceptors (Lipinski definition) is 1. The molecule has 0 aliphatic rings.